The average Bonchev–Trinajstić information content (AvgIpc) is 2.95. The highest BCUT2D eigenvalue weighted by molar-refractivity contribution is 5.90. The number of nitrogens with zero attached hydrogens (tertiary/aromatic N) is 2. The number of carbonyl (C=O) groups is 3. The molecule has 0 aliphatic heterocycles. The number of hydrogen-bond acceptors (Lipinski definition) is 5. The van der Waals surface area contributed by atoms with Crippen LogP contribution < -0.4 is 33.9 Å². The second-order valence-corrected chi connectivity index (χ2v) is 10.6. The van der Waals surface area contributed by atoms with E-state index in [-0.39, 0.29) is 49.1 Å². The number of aromatic nitrogens is 1. The molecular weight excluding hydrogens is 633 g/mol. The topological polar surface area (TPSA) is 88.8 Å². The van der Waals surface area contributed by atoms with Gasteiger partial charge in [0.15, 0.2) is 6.20 Å². The maximum Gasteiger partial charge on any atom is 0.417 e. The Labute approximate surface area is 266 Å². The first-order valence-electron chi connectivity index (χ1n) is 15.8. The number of nitrogens with one attached hydrogen (secondary N) is 1. The van der Waals surface area contributed by atoms with Crippen molar-refractivity contribution in [3.8, 4) is 0 Å². The van der Waals surface area contributed by atoms with Gasteiger partial charge in [-0.1, -0.05) is 90.0 Å². The van der Waals surface area contributed by atoms with Gasteiger partial charge in [0.2, 0.25) is 11.6 Å². The smallest absolute Gasteiger partial charge is 0.417 e. The molecule has 41 heavy (non-hydrogen) atoms. The van der Waals surface area contributed by atoms with E-state index < -0.39 is 6.09 Å². The van der Waals surface area contributed by atoms with Crippen LogP contribution >= 0.6 is 0 Å². The van der Waals surface area contributed by atoms with Gasteiger partial charge in [0.25, 0.3) is 0 Å². The molecular formula is C32H56IN3O5. The van der Waals surface area contributed by atoms with Crippen LogP contribution in [0.2, 0.25) is 0 Å². The number of rotatable bonds is 23. The molecule has 0 saturated heterocycles. The zero-order valence-electron chi connectivity index (χ0n) is 26.0. The lowest BCUT2D eigenvalue weighted by Crippen LogP contribution is -3.00. The number of aryl methyl sites for hydroxylation is 1. The molecule has 1 rings (SSSR count). The molecule has 8 nitrogen and oxygen atoms in total. The first kappa shape index (κ1) is 39.1. The van der Waals surface area contributed by atoms with Crippen LogP contribution in [0.1, 0.15) is 129 Å². The second kappa shape index (κ2) is 27.0. The summed E-state index contributed by atoms with van der Waals surface area (Å²) in [5.74, 6) is -0.352. The highest BCUT2D eigenvalue weighted by Gasteiger charge is 2.23. The summed E-state index contributed by atoms with van der Waals surface area (Å²) in [4.78, 5) is 37.4. The van der Waals surface area contributed by atoms with E-state index in [1.165, 1.54) is 77.6 Å². The fourth-order valence-electron chi connectivity index (χ4n) is 4.60. The van der Waals surface area contributed by atoms with E-state index in [1.807, 2.05) is 35.9 Å². The van der Waals surface area contributed by atoms with Crippen LogP contribution in [0.4, 0.5) is 9.59 Å². The summed E-state index contributed by atoms with van der Waals surface area (Å²) >= 11 is 0. The molecule has 1 aromatic heterocycles. The van der Waals surface area contributed by atoms with Crippen molar-refractivity contribution in [2.45, 2.75) is 137 Å². The van der Waals surface area contributed by atoms with E-state index in [2.05, 4.69) is 12.2 Å². The first-order valence-corrected chi connectivity index (χ1v) is 15.8. The van der Waals surface area contributed by atoms with Crippen LogP contribution in [0.15, 0.2) is 24.4 Å². The average molecular weight is 690 g/mol. The van der Waals surface area contributed by atoms with Crippen molar-refractivity contribution in [3.63, 3.8) is 0 Å². The lowest BCUT2D eigenvalue weighted by atomic mass is 10.0. The number of unbranched alkanes of at least 4 members (excludes halogenated alkanes) is 14. The van der Waals surface area contributed by atoms with E-state index in [4.69, 9.17) is 9.47 Å². The summed E-state index contributed by atoms with van der Waals surface area (Å²) in [6.07, 6.45) is 20.0. The molecule has 0 aromatic carbocycles. The Kier molecular flexibility index (Phi) is 25.7. The highest BCUT2D eigenvalue weighted by atomic mass is 127. The summed E-state index contributed by atoms with van der Waals surface area (Å²) in [7, 11) is 0. The maximum atomic E-state index is 12.4. The Bertz CT molecular complexity index is 824. The Hall–Kier alpha value is -1.91. The third-order valence-electron chi connectivity index (χ3n) is 7.09. The van der Waals surface area contributed by atoms with Crippen molar-refractivity contribution in [2.24, 2.45) is 0 Å². The summed E-state index contributed by atoms with van der Waals surface area (Å²) in [6.45, 7) is 7.76. The highest BCUT2D eigenvalue weighted by Crippen LogP contribution is 2.12. The SMILES string of the molecule is CCCCCCCCCCCCCCCNC(=O)OCCCCCOC(=O)N(Cc1cccc[n+]1CC)C(C)=O.[I-]. The third kappa shape index (κ3) is 20.6. The molecule has 0 radical (unpaired) electrons. The van der Waals surface area contributed by atoms with Gasteiger partial charge < -0.3 is 38.8 Å². The van der Waals surface area contributed by atoms with Gasteiger partial charge in [-0.2, -0.15) is 0 Å². The molecule has 0 atom stereocenters. The Morgan fingerprint density at radius 2 is 1.29 bits per heavy atom. The number of amides is 3. The normalized spacial score (nSPS) is 10.5. The zero-order chi connectivity index (χ0) is 29.3. The number of imide groups is 1. The molecule has 9 heteroatoms. The molecule has 0 aliphatic carbocycles. The van der Waals surface area contributed by atoms with Crippen LogP contribution in [0.25, 0.3) is 0 Å². The van der Waals surface area contributed by atoms with Gasteiger partial charge in [-0.05, 0) is 32.6 Å². The molecule has 3 amide bonds. The number of pyridine rings is 1. The molecule has 1 aromatic rings. The third-order valence-corrected chi connectivity index (χ3v) is 7.09. The van der Waals surface area contributed by atoms with Gasteiger partial charge in [-0.3, -0.25) is 4.79 Å². The maximum absolute atomic E-state index is 12.4. The minimum Gasteiger partial charge on any atom is -1.00 e. The van der Waals surface area contributed by atoms with Crippen molar-refractivity contribution < 1.29 is 52.4 Å². The van der Waals surface area contributed by atoms with Crippen LogP contribution in [0.5, 0.6) is 0 Å². The van der Waals surface area contributed by atoms with Gasteiger partial charge in [0.05, 0.1) is 13.2 Å². The Morgan fingerprint density at radius 1 is 0.756 bits per heavy atom. The molecule has 0 unspecified atom stereocenters. The first-order chi connectivity index (χ1) is 19.5. The lowest BCUT2D eigenvalue weighted by molar-refractivity contribution is -0.701. The number of carbonyl (C=O) groups excluding carboxylic acids is 3. The van der Waals surface area contributed by atoms with Crippen LogP contribution in [0, 0.1) is 0 Å². The van der Waals surface area contributed by atoms with Crippen molar-refractivity contribution in [3.05, 3.63) is 30.1 Å². The minimum atomic E-state index is -0.636. The molecule has 1 heterocycles. The van der Waals surface area contributed by atoms with Gasteiger partial charge >= 0.3 is 12.2 Å². The molecule has 0 bridgehead atoms. The summed E-state index contributed by atoms with van der Waals surface area (Å²) in [6, 6.07) is 5.69. The Balaban J connectivity index is 0.0000160. The minimum absolute atomic E-state index is 0. The van der Waals surface area contributed by atoms with Crippen molar-refractivity contribution in [1.82, 2.24) is 10.2 Å². The number of alkyl carbamates (subject to hydrolysis) is 1. The number of halogens is 1. The largest absolute Gasteiger partial charge is 1.00 e. The molecule has 0 spiro atoms. The summed E-state index contributed by atoms with van der Waals surface area (Å²) in [5.41, 5.74) is 0.863. The predicted octanol–water partition coefficient (Wildman–Crippen LogP) is 4.47. The van der Waals surface area contributed by atoms with E-state index in [0.29, 0.717) is 26.0 Å². The number of hydrogen-bond donors (Lipinski definition) is 1. The van der Waals surface area contributed by atoms with Crippen molar-refractivity contribution >= 4 is 18.1 Å². The lowest BCUT2D eigenvalue weighted by Gasteiger charge is -2.17. The fourth-order valence-corrected chi connectivity index (χ4v) is 4.60. The molecule has 0 fully saturated rings. The van der Waals surface area contributed by atoms with E-state index in [9.17, 15) is 14.4 Å². The summed E-state index contributed by atoms with van der Waals surface area (Å²) in [5, 5.41) is 2.82. The van der Waals surface area contributed by atoms with Crippen LogP contribution in [-0.2, 0) is 27.4 Å². The van der Waals surface area contributed by atoms with E-state index in [1.54, 1.807) is 0 Å². The molecule has 0 aliphatic rings. The van der Waals surface area contributed by atoms with Crippen LogP contribution in [0.3, 0.4) is 0 Å². The molecule has 236 valence electrons. The van der Waals surface area contributed by atoms with Crippen LogP contribution in [-0.4, -0.2) is 42.8 Å². The van der Waals surface area contributed by atoms with Crippen molar-refractivity contribution in [2.75, 3.05) is 19.8 Å². The second-order valence-electron chi connectivity index (χ2n) is 10.6. The van der Waals surface area contributed by atoms with Gasteiger partial charge in [0.1, 0.15) is 13.1 Å². The quantitative estimate of drug-likeness (QED) is 0.104. The Morgan fingerprint density at radius 3 is 1.85 bits per heavy atom. The molecule has 0 saturated carbocycles. The van der Waals surface area contributed by atoms with Gasteiger partial charge in [-0.15, -0.1) is 0 Å². The van der Waals surface area contributed by atoms with Gasteiger partial charge in [-0.25, -0.2) is 19.1 Å². The van der Waals surface area contributed by atoms with Gasteiger partial charge in [0, 0.05) is 25.6 Å². The predicted molar refractivity (Wildman–Crippen MR) is 159 cm³/mol. The number of ether oxygens (including phenoxy) is 2. The zero-order valence-corrected chi connectivity index (χ0v) is 28.1. The van der Waals surface area contributed by atoms with E-state index in [0.717, 1.165) is 36.4 Å². The standard InChI is InChI=1S/C32H55N3O5.HI/c1-4-6-7-8-9-10-11-12-13-14-15-16-19-24-33-31(37)39-26-21-17-22-27-40-32(38)35(29(3)36)28-30-23-18-20-25-34(30)5-2;/h18,20,23,25H,4-17,19,21-22,24,26-28H2,1-3H3;1H. The fraction of sp³-hybridized carbons (Fsp3) is 0.750. The molecule has 1 N–H and O–H groups in total. The monoisotopic (exact) mass is 689 g/mol. The van der Waals surface area contributed by atoms with E-state index >= 15 is 0 Å². The summed E-state index contributed by atoms with van der Waals surface area (Å²) < 4.78 is 12.5. The van der Waals surface area contributed by atoms with Crippen molar-refractivity contribution in [1.29, 1.82) is 0 Å².